The van der Waals surface area contributed by atoms with Crippen molar-refractivity contribution in [2.45, 2.75) is 50.6 Å². The van der Waals surface area contributed by atoms with Gasteiger partial charge in [0.25, 0.3) is 0 Å². The standard InChI is InChI=1S/C13H20N2O/c16-12(11-6-13(11)3-1-2-4-13)15-7-9-5-10(8-15)14-9/h9-11,14H,1-8H2. The zero-order valence-corrected chi connectivity index (χ0v) is 9.74. The molecule has 0 aromatic carbocycles. The highest BCUT2D eigenvalue weighted by Crippen LogP contribution is 2.63. The van der Waals surface area contributed by atoms with Gasteiger partial charge in [-0.15, -0.1) is 0 Å². The molecule has 1 N–H and O–H groups in total. The number of carbonyl (C=O) groups is 1. The van der Waals surface area contributed by atoms with Crippen molar-refractivity contribution in [1.29, 1.82) is 0 Å². The quantitative estimate of drug-likeness (QED) is 0.718. The summed E-state index contributed by atoms with van der Waals surface area (Å²) in [6.45, 7) is 1.95. The van der Waals surface area contributed by atoms with Crippen molar-refractivity contribution in [1.82, 2.24) is 10.2 Å². The number of fused-ring (bicyclic) bond motifs is 2. The average Bonchev–Trinajstić information content (AvgIpc) is 2.74. The molecule has 3 atom stereocenters. The summed E-state index contributed by atoms with van der Waals surface area (Å²) in [4.78, 5) is 14.5. The molecular formula is C13H20N2O. The molecule has 5 aliphatic rings. The smallest absolute Gasteiger partial charge is 0.226 e. The van der Waals surface area contributed by atoms with Gasteiger partial charge >= 0.3 is 0 Å². The van der Waals surface area contributed by atoms with Gasteiger partial charge in [0.05, 0.1) is 0 Å². The zero-order chi connectivity index (χ0) is 10.8. The van der Waals surface area contributed by atoms with E-state index in [1.54, 1.807) is 0 Å². The van der Waals surface area contributed by atoms with Gasteiger partial charge in [0.15, 0.2) is 0 Å². The van der Waals surface area contributed by atoms with E-state index in [1.807, 2.05) is 0 Å². The van der Waals surface area contributed by atoms with E-state index in [2.05, 4.69) is 10.2 Å². The Kier molecular flexibility index (Phi) is 1.78. The maximum absolute atomic E-state index is 12.4. The molecule has 0 aromatic rings. The number of piperazine rings is 1. The van der Waals surface area contributed by atoms with E-state index in [0.717, 1.165) is 13.1 Å². The van der Waals surface area contributed by atoms with E-state index in [9.17, 15) is 4.79 Å². The van der Waals surface area contributed by atoms with Gasteiger partial charge in [-0.2, -0.15) is 0 Å². The fourth-order valence-electron chi connectivity index (χ4n) is 4.24. The van der Waals surface area contributed by atoms with Crippen LogP contribution in [0, 0.1) is 11.3 Å². The van der Waals surface area contributed by atoms with Gasteiger partial charge in [0.1, 0.15) is 0 Å². The van der Waals surface area contributed by atoms with Crippen LogP contribution in [0.15, 0.2) is 0 Å². The van der Waals surface area contributed by atoms with Crippen LogP contribution in [0.4, 0.5) is 0 Å². The van der Waals surface area contributed by atoms with Crippen LogP contribution in [0.2, 0.25) is 0 Å². The lowest BCUT2D eigenvalue weighted by Crippen LogP contribution is -2.67. The summed E-state index contributed by atoms with van der Waals surface area (Å²) in [5.74, 6) is 0.894. The molecule has 3 heteroatoms. The Hall–Kier alpha value is -0.570. The van der Waals surface area contributed by atoms with Crippen LogP contribution in [-0.4, -0.2) is 36.0 Å². The van der Waals surface area contributed by atoms with Crippen molar-refractivity contribution in [2.24, 2.45) is 11.3 Å². The van der Waals surface area contributed by atoms with E-state index in [0.29, 0.717) is 29.3 Å². The van der Waals surface area contributed by atoms with Crippen molar-refractivity contribution in [3.63, 3.8) is 0 Å². The van der Waals surface area contributed by atoms with Gasteiger partial charge in [-0.05, 0) is 31.1 Å². The number of piperidine rings is 1. The van der Waals surface area contributed by atoms with Crippen molar-refractivity contribution in [2.75, 3.05) is 13.1 Å². The highest BCUT2D eigenvalue weighted by molar-refractivity contribution is 5.83. The summed E-state index contributed by atoms with van der Waals surface area (Å²) < 4.78 is 0. The first-order valence-corrected chi connectivity index (χ1v) is 6.82. The molecule has 2 aliphatic carbocycles. The highest BCUT2D eigenvalue weighted by atomic mass is 16.2. The van der Waals surface area contributed by atoms with Gasteiger partial charge in [0.2, 0.25) is 5.91 Å². The summed E-state index contributed by atoms with van der Waals surface area (Å²) in [5.41, 5.74) is 0.478. The van der Waals surface area contributed by atoms with Gasteiger partial charge < -0.3 is 10.2 Å². The second kappa shape index (κ2) is 3.00. The molecule has 0 radical (unpaired) electrons. The average molecular weight is 220 g/mol. The Morgan fingerprint density at radius 2 is 1.81 bits per heavy atom. The first-order valence-electron chi connectivity index (χ1n) is 6.82. The summed E-state index contributed by atoms with van der Waals surface area (Å²) in [6, 6.07) is 1.22. The zero-order valence-electron chi connectivity index (χ0n) is 9.74. The molecule has 16 heavy (non-hydrogen) atoms. The van der Waals surface area contributed by atoms with Crippen molar-refractivity contribution >= 4 is 5.91 Å². The lowest BCUT2D eigenvalue weighted by Gasteiger charge is -2.48. The minimum Gasteiger partial charge on any atom is -0.339 e. The van der Waals surface area contributed by atoms with Crippen molar-refractivity contribution < 1.29 is 4.79 Å². The van der Waals surface area contributed by atoms with Crippen LogP contribution in [0.1, 0.15) is 38.5 Å². The maximum Gasteiger partial charge on any atom is 0.226 e. The topological polar surface area (TPSA) is 32.3 Å². The molecule has 88 valence electrons. The Balaban J connectivity index is 1.43. The van der Waals surface area contributed by atoms with Gasteiger partial charge in [-0.3, -0.25) is 4.79 Å². The largest absolute Gasteiger partial charge is 0.339 e. The minimum absolute atomic E-state index is 0.410. The molecule has 3 heterocycles. The summed E-state index contributed by atoms with van der Waals surface area (Å²) in [6.07, 6.45) is 7.85. The van der Waals surface area contributed by atoms with Crippen LogP contribution in [-0.2, 0) is 4.79 Å². The SMILES string of the molecule is O=C(C1CC12CCCC2)N1CC2CC(C1)N2. The number of nitrogens with zero attached hydrogens (tertiary/aromatic N) is 1. The molecule has 3 unspecified atom stereocenters. The Morgan fingerprint density at radius 1 is 1.19 bits per heavy atom. The predicted molar refractivity (Wildman–Crippen MR) is 60.9 cm³/mol. The Morgan fingerprint density at radius 3 is 2.44 bits per heavy atom. The number of hydrogen-bond acceptors (Lipinski definition) is 2. The van der Waals surface area contributed by atoms with E-state index >= 15 is 0 Å². The number of hydrogen-bond donors (Lipinski definition) is 1. The van der Waals surface area contributed by atoms with Gasteiger partial charge in [0, 0.05) is 31.1 Å². The van der Waals surface area contributed by atoms with E-state index in [-0.39, 0.29) is 0 Å². The molecule has 5 rings (SSSR count). The van der Waals surface area contributed by atoms with E-state index in [4.69, 9.17) is 0 Å². The van der Waals surface area contributed by atoms with E-state index < -0.39 is 0 Å². The van der Waals surface area contributed by atoms with Gasteiger partial charge in [-0.1, -0.05) is 12.8 Å². The summed E-state index contributed by atoms with van der Waals surface area (Å²) in [7, 11) is 0. The molecule has 1 amide bonds. The third kappa shape index (κ3) is 1.21. The monoisotopic (exact) mass is 220 g/mol. The van der Waals surface area contributed by atoms with Crippen molar-refractivity contribution in [3.05, 3.63) is 0 Å². The number of carbonyl (C=O) groups excluding carboxylic acids is 1. The number of nitrogens with one attached hydrogen (secondary N) is 1. The van der Waals surface area contributed by atoms with Crippen LogP contribution in [0.3, 0.4) is 0 Å². The lowest BCUT2D eigenvalue weighted by atomic mass is 9.90. The van der Waals surface area contributed by atoms with Gasteiger partial charge in [-0.25, -0.2) is 0 Å². The first-order chi connectivity index (χ1) is 7.77. The molecule has 0 aromatic heterocycles. The van der Waals surface area contributed by atoms with Crippen LogP contribution in [0.25, 0.3) is 0 Å². The predicted octanol–water partition coefficient (Wildman–Crippen LogP) is 1.14. The third-order valence-corrected chi connectivity index (χ3v) is 5.32. The molecule has 3 saturated heterocycles. The summed E-state index contributed by atoms with van der Waals surface area (Å²) >= 11 is 0. The summed E-state index contributed by atoms with van der Waals surface area (Å²) in [5, 5.41) is 3.49. The minimum atomic E-state index is 0.410. The molecular weight excluding hydrogens is 200 g/mol. The van der Waals surface area contributed by atoms with Crippen LogP contribution < -0.4 is 5.32 Å². The fraction of sp³-hybridized carbons (Fsp3) is 0.923. The highest BCUT2D eigenvalue weighted by Gasteiger charge is 2.60. The third-order valence-electron chi connectivity index (χ3n) is 5.32. The second-order valence-corrected chi connectivity index (χ2v) is 6.37. The first kappa shape index (κ1) is 9.46. The fourth-order valence-corrected chi connectivity index (χ4v) is 4.24. The van der Waals surface area contributed by atoms with Crippen LogP contribution >= 0.6 is 0 Å². The second-order valence-electron chi connectivity index (χ2n) is 6.37. The molecule has 1 spiro atoms. The maximum atomic E-state index is 12.4. The lowest BCUT2D eigenvalue weighted by molar-refractivity contribution is -0.137. The number of rotatable bonds is 1. The number of amides is 1. The molecule has 5 fully saturated rings. The normalized spacial score (nSPS) is 43.2. The van der Waals surface area contributed by atoms with Crippen LogP contribution in [0.5, 0.6) is 0 Å². The molecule has 2 saturated carbocycles. The molecule has 3 aliphatic heterocycles. The molecule has 3 nitrogen and oxygen atoms in total. The Bertz CT molecular complexity index is 315. The van der Waals surface area contributed by atoms with Crippen molar-refractivity contribution in [3.8, 4) is 0 Å². The molecule has 2 bridgehead atoms. The Labute approximate surface area is 96.6 Å². The van der Waals surface area contributed by atoms with E-state index in [1.165, 1.54) is 38.5 Å².